The number of aromatic hydroxyl groups is 2. The maximum absolute atomic E-state index is 11.2. The number of hydrogen-bond donors (Lipinski definition) is 5. The van der Waals surface area contributed by atoms with Gasteiger partial charge in [-0.05, 0) is 53.8 Å². The Balaban J connectivity index is 0.000000225. The molecule has 5 N–H and O–H groups in total. The average molecular weight is 595 g/mol. The number of fused-ring (bicyclic) bond motifs is 1. The van der Waals surface area contributed by atoms with Gasteiger partial charge in [0.2, 0.25) is 0 Å². The molecular weight excluding hydrogens is 564 g/mol. The van der Waals surface area contributed by atoms with E-state index in [1.54, 1.807) is 0 Å². The van der Waals surface area contributed by atoms with Crippen molar-refractivity contribution in [2.24, 2.45) is 5.92 Å². The van der Waals surface area contributed by atoms with Crippen molar-refractivity contribution in [2.75, 3.05) is 7.11 Å². The first-order chi connectivity index (χ1) is 20.2. The van der Waals surface area contributed by atoms with E-state index in [1.807, 2.05) is 30.3 Å². The molecule has 0 bridgehead atoms. The van der Waals surface area contributed by atoms with Crippen LogP contribution in [0.4, 0.5) is 0 Å². The molecule has 0 aliphatic rings. The third-order valence-electron chi connectivity index (χ3n) is 6.01. The summed E-state index contributed by atoms with van der Waals surface area (Å²) in [6.45, 7) is 4.11. The van der Waals surface area contributed by atoms with Crippen LogP contribution in [0.1, 0.15) is 52.5 Å². The van der Waals surface area contributed by atoms with Gasteiger partial charge < -0.3 is 34.7 Å². The number of methoxy groups -OCH3 is 1. The summed E-state index contributed by atoms with van der Waals surface area (Å²) in [6.07, 6.45) is 0.210. The summed E-state index contributed by atoms with van der Waals surface area (Å²) in [6, 6.07) is 18.8. The molecular formula is C31H30O12. The highest BCUT2D eigenvalue weighted by atomic mass is 16.5. The molecule has 0 radical (unpaired) electrons. The van der Waals surface area contributed by atoms with Crippen LogP contribution in [-0.2, 0) is 9.59 Å². The molecule has 1 unspecified atom stereocenters. The Kier molecular flexibility index (Phi) is 12.0. The van der Waals surface area contributed by atoms with Gasteiger partial charge in [0.05, 0.1) is 13.5 Å². The molecule has 43 heavy (non-hydrogen) atoms. The number of aromatic carboxylic acids is 1. The van der Waals surface area contributed by atoms with Crippen LogP contribution in [0.2, 0.25) is 0 Å². The number of ether oxygens (including phenoxy) is 1. The van der Waals surface area contributed by atoms with E-state index in [0.717, 1.165) is 11.6 Å². The van der Waals surface area contributed by atoms with Gasteiger partial charge in [-0.1, -0.05) is 44.2 Å². The Labute approximate surface area is 245 Å². The minimum absolute atomic E-state index is 0.0475. The Bertz CT molecular complexity index is 1650. The van der Waals surface area contributed by atoms with Crippen molar-refractivity contribution in [1.82, 2.24) is 0 Å². The first-order valence-corrected chi connectivity index (χ1v) is 12.7. The fraction of sp³-hybridized carbons (Fsp3) is 0.194. The molecule has 12 heteroatoms. The monoisotopic (exact) mass is 594 g/mol. The lowest BCUT2D eigenvalue weighted by Gasteiger charge is -2.19. The van der Waals surface area contributed by atoms with Gasteiger partial charge in [-0.3, -0.25) is 9.59 Å². The Morgan fingerprint density at radius 2 is 1.51 bits per heavy atom. The standard InChI is InChI=1S/C12H16O2.C10H6O5.C9H8O5/c1-9(2)11(8-12(13)14)10-6-4-3-5-7-10;11-6-2-1-5-3-7(9(12)13)10(14)15-8(5)4-6;1-14-7-3-2-5(4-6(7)10)8(11)9(12)13/h3-7,9,11H,8H2,1-2H3,(H,13,14);1-4,11H,(H,12,13);2-4,10H,1H3,(H,12,13). The molecule has 0 aliphatic carbocycles. The number of Topliss-reactive ketones (excluding diaryl/α,β-unsaturated/α-hetero) is 1. The molecule has 0 saturated carbocycles. The van der Waals surface area contributed by atoms with Crippen LogP contribution in [0, 0.1) is 5.92 Å². The number of phenolic OH excluding ortho intramolecular Hbond substituents is 2. The lowest BCUT2D eigenvalue weighted by atomic mass is 9.86. The Morgan fingerprint density at radius 1 is 0.860 bits per heavy atom. The summed E-state index contributed by atoms with van der Waals surface area (Å²) in [4.78, 5) is 53.7. The average Bonchev–Trinajstić information content (AvgIpc) is 2.95. The largest absolute Gasteiger partial charge is 0.508 e. The number of ketones is 1. The highest BCUT2D eigenvalue weighted by Gasteiger charge is 2.19. The number of carboxylic acids is 3. The van der Waals surface area contributed by atoms with E-state index >= 15 is 0 Å². The van der Waals surface area contributed by atoms with Crippen molar-refractivity contribution in [3.05, 3.63) is 99.9 Å². The number of benzene rings is 3. The van der Waals surface area contributed by atoms with Crippen LogP contribution in [-0.4, -0.2) is 56.3 Å². The summed E-state index contributed by atoms with van der Waals surface area (Å²) in [5.41, 5.74) is -0.167. The molecule has 0 saturated heterocycles. The summed E-state index contributed by atoms with van der Waals surface area (Å²) >= 11 is 0. The van der Waals surface area contributed by atoms with E-state index in [2.05, 4.69) is 13.8 Å². The van der Waals surface area contributed by atoms with Crippen molar-refractivity contribution in [3.63, 3.8) is 0 Å². The zero-order valence-corrected chi connectivity index (χ0v) is 23.4. The first-order valence-electron chi connectivity index (χ1n) is 12.7. The lowest BCUT2D eigenvalue weighted by Crippen LogP contribution is -2.12. The van der Waals surface area contributed by atoms with Crippen LogP contribution in [0.3, 0.4) is 0 Å². The van der Waals surface area contributed by atoms with Crippen molar-refractivity contribution < 1.29 is 53.9 Å². The van der Waals surface area contributed by atoms with Gasteiger partial charge in [0.25, 0.3) is 5.78 Å². The van der Waals surface area contributed by atoms with Gasteiger partial charge >= 0.3 is 23.5 Å². The minimum atomic E-state index is -1.56. The molecule has 226 valence electrons. The van der Waals surface area contributed by atoms with Gasteiger partial charge in [-0.25, -0.2) is 14.4 Å². The molecule has 1 aromatic heterocycles. The molecule has 0 aliphatic heterocycles. The van der Waals surface area contributed by atoms with Crippen LogP contribution in [0.15, 0.2) is 82.0 Å². The second-order valence-electron chi connectivity index (χ2n) is 9.35. The third kappa shape index (κ3) is 9.74. The van der Waals surface area contributed by atoms with E-state index in [1.165, 1.54) is 43.5 Å². The number of rotatable bonds is 8. The molecule has 4 aromatic rings. The van der Waals surface area contributed by atoms with E-state index in [4.69, 9.17) is 29.6 Å². The fourth-order valence-electron chi connectivity index (χ4n) is 3.83. The number of phenols is 2. The number of carbonyl (C=O) groups is 4. The summed E-state index contributed by atoms with van der Waals surface area (Å²) in [5, 5.41) is 44.7. The van der Waals surface area contributed by atoms with Crippen LogP contribution >= 0.6 is 0 Å². The molecule has 1 heterocycles. The number of carboxylic acid groups (broad SMARTS) is 3. The highest BCUT2D eigenvalue weighted by Crippen LogP contribution is 2.28. The zero-order valence-electron chi connectivity index (χ0n) is 23.4. The minimum Gasteiger partial charge on any atom is -0.508 e. The number of carbonyl (C=O) groups excluding carboxylic acids is 1. The van der Waals surface area contributed by atoms with E-state index in [0.29, 0.717) is 11.3 Å². The van der Waals surface area contributed by atoms with Gasteiger partial charge in [0.1, 0.15) is 16.9 Å². The molecule has 3 aromatic carbocycles. The van der Waals surface area contributed by atoms with Crippen molar-refractivity contribution in [2.45, 2.75) is 26.2 Å². The predicted molar refractivity (Wildman–Crippen MR) is 154 cm³/mol. The van der Waals surface area contributed by atoms with Gasteiger partial charge in [0, 0.05) is 17.0 Å². The highest BCUT2D eigenvalue weighted by molar-refractivity contribution is 6.39. The van der Waals surface area contributed by atoms with Crippen molar-refractivity contribution >= 4 is 34.7 Å². The van der Waals surface area contributed by atoms with Crippen molar-refractivity contribution in [1.29, 1.82) is 0 Å². The molecule has 0 amide bonds. The molecule has 0 fully saturated rings. The maximum atomic E-state index is 11.2. The third-order valence-corrected chi connectivity index (χ3v) is 6.01. The molecule has 0 spiro atoms. The van der Waals surface area contributed by atoms with E-state index < -0.39 is 34.9 Å². The zero-order chi connectivity index (χ0) is 32.3. The molecule has 12 nitrogen and oxygen atoms in total. The second kappa shape index (κ2) is 15.4. The van der Waals surface area contributed by atoms with Gasteiger partial charge in [-0.2, -0.15) is 0 Å². The topological polar surface area (TPSA) is 209 Å². The molecule has 4 rings (SSSR count). The summed E-state index contributed by atoms with van der Waals surface area (Å²) in [5.74, 6) is -4.34. The summed E-state index contributed by atoms with van der Waals surface area (Å²) in [7, 11) is 1.35. The van der Waals surface area contributed by atoms with Gasteiger partial charge in [0.15, 0.2) is 11.5 Å². The summed E-state index contributed by atoms with van der Waals surface area (Å²) < 4.78 is 9.47. The lowest BCUT2D eigenvalue weighted by molar-refractivity contribution is -0.137. The second-order valence-corrected chi connectivity index (χ2v) is 9.35. The van der Waals surface area contributed by atoms with Gasteiger partial charge in [-0.15, -0.1) is 0 Å². The van der Waals surface area contributed by atoms with E-state index in [9.17, 15) is 29.1 Å². The first kappa shape index (κ1) is 33.6. The normalized spacial score (nSPS) is 10.9. The SMILES string of the molecule is CC(C)C(CC(=O)O)c1ccccc1.COc1ccc(C(=O)C(=O)O)cc1O.O=C(O)c1cc2ccc(O)cc2oc1=O. The van der Waals surface area contributed by atoms with E-state index in [-0.39, 0.29) is 40.7 Å². The Morgan fingerprint density at radius 3 is 2.02 bits per heavy atom. The Hall–Kier alpha value is -5.65. The maximum Gasteiger partial charge on any atom is 0.377 e. The molecule has 1 atom stereocenters. The van der Waals surface area contributed by atoms with Crippen molar-refractivity contribution in [3.8, 4) is 17.2 Å². The fourth-order valence-corrected chi connectivity index (χ4v) is 3.83. The number of aliphatic carboxylic acids is 2. The quantitative estimate of drug-likeness (QED) is 0.106. The predicted octanol–water partition coefficient (Wildman–Crippen LogP) is 4.77. The number of hydrogen-bond acceptors (Lipinski definition) is 9. The van der Waals surface area contributed by atoms with Crippen LogP contribution in [0.5, 0.6) is 17.2 Å². The van der Waals surface area contributed by atoms with Crippen LogP contribution < -0.4 is 10.4 Å². The smallest absolute Gasteiger partial charge is 0.377 e. The van der Waals surface area contributed by atoms with Crippen LogP contribution in [0.25, 0.3) is 11.0 Å².